The number of hydrogen-bond acceptors (Lipinski definition) is 0. The predicted molar refractivity (Wildman–Crippen MR) is 434 cm³/mol. The van der Waals surface area contributed by atoms with Gasteiger partial charge in [-0.05, 0) is 317 Å². The lowest BCUT2D eigenvalue weighted by molar-refractivity contribution is 0.794. The van der Waals surface area contributed by atoms with Crippen LogP contribution in [0.15, 0.2) is 315 Å². The molecule has 0 unspecified atom stereocenters. The fourth-order valence-corrected chi connectivity index (χ4v) is 19.4. The number of aryl methyl sites for hydroxylation is 4. The highest BCUT2D eigenvalue weighted by atomic mass is 14.5. The maximum Gasteiger partial charge on any atom is 0.0726 e. The number of hydrogen-bond donors (Lipinski definition) is 0. The number of rotatable bonds is 4. The molecule has 0 bridgehead atoms. The van der Waals surface area contributed by atoms with Crippen molar-refractivity contribution in [3.8, 4) is 66.8 Å². The minimum Gasteiger partial charge on any atom is -0.0616 e. The van der Waals surface area contributed by atoms with Gasteiger partial charge in [0.15, 0.2) is 0 Å². The molecule has 0 fully saturated rings. The molecule has 0 aromatic heterocycles. The summed E-state index contributed by atoms with van der Waals surface area (Å²) >= 11 is 0. The zero-order valence-corrected chi connectivity index (χ0v) is 56.5. The van der Waals surface area contributed by atoms with Crippen LogP contribution in [-0.2, 0) is 5.41 Å². The largest absolute Gasteiger partial charge is 0.0726 e. The van der Waals surface area contributed by atoms with Gasteiger partial charge in [-0.3, -0.25) is 0 Å². The van der Waals surface area contributed by atoms with E-state index < -0.39 is 5.41 Å². The molecule has 0 amide bonds. The summed E-state index contributed by atoms with van der Waals surface area (Å²) in [5.41, 5.74) is 24.5. The highest BCUT2D eigenvalue weighted by Crippen LogP contribution is 2.66. The number of fused-ring (bicyclic) bond motifs is 34. The van der Waals surface area contributed by atoms with Gasteiger partial charge in [0.2, 0.25) is 0 Å². The van der Waals surface area contributed by atoms with E-state index in [4.69, 9.17) is 0 Å². The maximum absolute atomic E-state index is 2.65. The summed E-state index contributed by atoms with van der Waals surface area (Å²) in [7, 11) is 0. The van der Waals surface area contributed by atoms with E-state index in [1.54, 1.807) is 0 Å². The lowest BCUT2D eigenvalue weighted by Crippen LogP contribution is -2.26. The Morgan fingerprint density at radius 2 is 0.287 bits per heavy atom. The molecule has 20 aromatic carbocycles. The second-order valence-electron chi connectivity index (χ2n) is 29.0. The minimum atomic E-state index is -0.788. The first-order valence-corrected chi connectivity index (χ1v) is 35.7. The van der Waals surface area contributed by atoms with Crippen molar-refractivity contribution in [3.05, 3.63) is 360 Å². The summed E-state index contributed by atoms with van der Waals surface area (Å²) in [5.74, 6) is 0. The van der Waals surface area contributed by atoms with Crippen molar-refractivity contribution in [2.45, 2.75) is 33.1 Å². The molecule has 0 heterocycles. The molecule has 22 rings (SSSR count). The third kappa shape index (κ3) is 7.74. The van der Waals surface area contributed by atoms with Gasteiger partial charge in [-0.25, -0.2) is 0 Å². The van der Waals surface area contributed by atoms with E-state index in [1.807, 2.05) is 0 Å². The van der Waals surface area contributed by atoms with Crippen LogP contribution in [0.3, 0.4) is 0 Å². The molecule has 0 N–H and O–H groups in total. The molecule has 101 heavy (non-hydrogen) atoms. The van der Waals surface area contributed by atoms with Crippen LogP contribution in [0.4, 0.5) is 0 Å². The summed E-state index contributed by atoms with van der Waals surface area (Å²) in [5, 5.41) is 30.7. The molecule has 20 aromatic rings. The van der Waals surface area contributed by atoms with Gasteiger partial charge >= 0.3 is 0 Å². The first-order valence-electron chi connectivity index (χ1n) is 35.7. The van der Waals surface area contributed by atoms with E-state index in [9.17, 15) is 0 Å². The molecule has 0 saturated heterocycles. The Kier molecular flexibility index (Phi) is 11.6. The number of benzene rings is 20. The molecule has 0 atom stereocenters. The van der Waals surface area contributed by atoms with Crippen LogP contribution in [-0.4, -0.2) is 0 Å². The van der Waals surface area contributed by atoms with Crippen molar-refractivity contribution in [2.24, 2.45) is 0 Å². The lowest BCUT2D eigenvalue weighted by Gasteiger charge is -2.32. The van der Waals surface area contributed by atoms with Gasteiger partial charge in [0.25, 0.3) is 0 Å². The SMILES string of the molecule is Cc1cc2c(cc1-c1ccc3c4ccccc4c4ccccc4c3c1)C1(c3cc(-c4ccc5c6ccccc6c6ccccc6c5c4)c(C)cc3-2)c2cc(-c3ccc4c5ccccc5c5ccccc5c4c3)c(C)cc2-c2cc(C)c(-c3ccc4c5ccccc5c5ccccc5c4c3)cc21. The van der Waals surface area contributed by atoms with Crippen LogP contribution in [0.2, 0.25) is 0 Å². The van der Waals surface area contributed by atoms with Crippen LogP contribution in [0.1, 0.15) is 44.5 Å². The monoisotopic (exact) mass is 1280 g/mol. The zero-order valence-electron chi connectivity index (χ0n) is 56.5. The van der Waals surface area contributed by atoms with Gasteiger partial charge in [0, 0.05) is 0 Å². The molecule has 468 valence electrons. The van der Waals surface area contributed by atoms with Gasteiger partial charge in [0.05, 0.1) is 5.41 Å². The predicted octanol–water partition coefficient (Wildman–Crippen LogP) is 27.8. The van der Waals surface area contributed by atoms with E-state index in [-0.39, 0.29) is 0 Å². The molecule has 0 radical (unpaired) electrons. The van der Waals surface area contributed by atoms with Crippen molar-refractivity contribution in [1.29, 1.82) is 0 Å². The van der Waals surface area contributed by atoms with Crippen LogP contribution >= 0.6 is 0 Å². The smallest absolute Gasteiger partial charge is 0.0616 e. The molecule has 2 aliphatic carbocycles. The van der Waals surface area contributed by atoms with E-state index in [0.29, 0.717) is 0 Å². The van der Waals surface area contributed by atoms with Gasteiger partial charge in [-0.2, -0.15) is 0 Å². The second-order valence-corrected chi connectivity index (χ2v) is 29.0. The Morgan fingerprint density at radius 1 is 0.139 bits per heavy atom. The van der Waals surface area contributed by atoms with E-state index in [2.05, 4.69) is 343 Å². The normalized spacial score (nSPS) is 13.0. The average molecular weight is 1280 g/mol. The van der Waals surface area contributed by atoms with Crippen LogP contribution in [0, 0.1) is 27.7 Å². The van der Waals surface area contributed by atoms with E-state index >= 15 is 0 Å². The van der Waals surface area contributed by atoms with Gasteiger partial charge in [-0.15, -0.1) is 0 Å². The first-order chi connectivity index (χ1) is 49.7. The summed E-state index contributed by atoms with van der Waals surface area (Å²) in [4.78, 5) is 0. The third-order valence-electron chi connectivity index (χ3n) is 23.9. The summed E-state index contributed by atoms with van der Waals surface area (Å²) in [6, 6.07) is 122. The maximum atomic E-state index is 2.65. The Bertz CT molecular complexity index is 6170. The van der Waals surface area contributed by atoms with Gasteiger partial charge in [-0.1, -0.05) is 267 Å². The zero-order chi connectivity index (χ0) is 66.7. The minimum absolute atomic E-state index is 0.788. The van der Waals surface area contributed by atoms with Crippen LogP contribution in [0.5, 0.6) is 0 Å². The molecular weight excluding hydrogens is 1210 g/mol. The first kappa shape index (κ1) is 56.5. The quantitative estimate of drug-likeness (QED) is 0.154. The van der Waals surface area contributed by atoms with Crippen molar-refractivity contribution in [2.75, 3.05) is 0 Å². The van der Waals surface area contributed by atoms with Crippen molar-refractivity contribution >= 4 is 129 Å². The highest BCUT2D eigenvalue weighted by molar-refractivity contribution is 6.30. The van der Waals surface area contributed by atoms with Gasteiger partial charge in [0.1, 0.15) is 0 Å². The highest BCUT2D eigenvalue weighted by Gasteiger charge is 2.53. The second kappa shape index (κ2) is 20.8. The third-order valence-corrected chi connectivity index (χ3v) is 23.9. The molecule has 0 aliphatic heterocycles. The summed E-state index contributed by atoms with van der Waals surface area (Å²) < 4.78 is 0. The van der Waals surface area contributed by atoms with E-state index in [1.165, 1.54) is 241 Å². The van der Waals surface area contributed by atoms with Crippen molar-refractivity contribution in [3.63, 3.8) is 0 Å². The summed E-state index contributed by atoms with van der Waals surface area (Å²) in [6.45, 7) is 9.41. The molecule has 0 heteroatoms. The molecule has 0 saturated carbocycles. The average Bonchev–Trinajstić information content (AvgIpc) is 1.50. The molecule has 2 aliphatic rings. The Labute approximate surface area is 585 Å². The van der Waals surface area contributed by atoms with Crippen molar-refractivity contribution in [1.82, 2.24) is 0 Å². The Balaban J connectivity index is 0.855. The van der Waals surface area contributed by atoms with Gasteiger partial charge < -0.3 is 0 Å². The standard InChI is InChI=1S/C101H64/c1-57-45-93-94-46-58(2)86(62-38-42-82-74-30-10-6-22-66(74)70-26-14-18-34-78(70)90(82)50-62)54-98(94)101(97(93)53-85(57)61-37-41-81-73-29-9-5-21-65(73)69-25-13-17-33-77(69)89(81)49-61)99-55-87(63-39-43-83-75-31-11-7-23-67(75)71-27-15-19-35-79(71)91(83)51-63)59(3)47-95(99)96-48-60(4)88(56-100(96)101)64-40-44-84-76-32-12-8-24-68(76)72-28-16-20-36-80(72)92(84)52-64/h5-56H,1-4H3. The Hall–Kier alpha value is -12.5. The fourth-order valence-electron chi connectivity index (χ4n) is 19.4. The summed E-state index contributed by atoms with van der Waals surface area (Å²) in [6.07, 6.45) is 0. The fraction of sp³-hybridized carbons (Fsp3) is 0.0495. The Morgan fingerprint density at radius 3 is 0.455 bits per heavy atom. The molecule has 0 nitrogen and oxygen atoms in total. The van der Waals surface area contributed by atoms with Crippen LogP contribution < -0.4 is 0 Å². The lowest BCUT2D eigenvalue weighted by atomic mass is 9.68. The van der Waals surface area contributed by atoms with Crippen molar-refractivity contribution < 1.29 is 0 Å². The molecular formula is C101H64. The molecule has 1 spiro atoms. The van der Waals surface area contributed by atoms with E-state index in [0.717, 1.165) is 0 Å². The topological polar surface area (TPSA) is 0 Å². The van der Waals surface area contributed by atoms with Crippen LogP contribution in [0.25, 0.3) is 196 Å².